The fourth-order valence-electron chi connectivity index (χ4n) is 5.46. The van der Waals surface area contributed by atoms with Gasteiger partial charge in [0.15, 0.2) is 17.4 Å². The molecule has 2 fully saturated rings. The molecule has 0 atom stereocenters. The van der Waals surface area contributed by atoms with Crippen LogP contribution in [0.5, 0.6) is 11.5 Å². The maximum absolute atomic E-state index is 14.7. The van der Waals surface area contributed by atoms with Crippen molar-refractivity contribution < 1.29 is 44.6 Å². The molecule has 0 aromatic heterocycles. The lowest BCUT2D eigenvalue weighted by molar-refractivity contribution is -0.189. The molecule has 0 bridgehead atoms. The molecule has 0 saturated heterocycles. The molecule has 0 amide bonds. The summed E-state index contributed by atoms with van der Waals surface area (Å²) >= 11 is 0. The van der Waals surface area contributed by atoms with Crippen LogP contribution >= 0.6 is 0 Å². The maximum Gasteiger partial charge on any atom is 0.432 e. The van der Waals surface area contributed by atoms with Gasteiger partial charge in [0.2, 0.25) is 0 Å². The predicted molar refractivity (Wildman–Crippen MR) is 111 cm³/mol. The lowest BCUT2D eigenvalue weighted by atomic mass is 9.73. The van der Waals surface area contributed by atoms with Gasteiger partial charge in [0, 0.05) is 12.1 Å². The number of benzene rings is 2. The van der Waals surface area contributed by atoms with Crippen molar-refractivity contribution in [1.82, 2.24) is 0 Å². The third-order valence-corrected chi connectivity index (χ3v) is 7.09. The lowest BCUT2D eigenvalue weighted by Crippen LogP contribution is -2.26. The summed E-state index contributed by atoms with van der Waals surface area (Å²) in [5, 5.41) is 0. The van der Waals surface area contributed by atoms with Crippen molar-refractivity contribution in [3.63, 3.8) is 0 Å². The average molecular weight is 508 g/mol. The number of hydrogen-bond donors (Lipinski definition) is 0. The molecule has 0 aliphatic heterocycles. The quantitative estimate of drug-likeness (QED) is 0.350. The van der Waals surface area contributed by atoms with Gasteiger partial charge < -0.3 is 9.47 Å². The second kappa shape index (κ2) is 10.2. The Kier molecular flexibility index (Phi) is 7.47. The van der Waals surface area contributed by atoms with Crippen LogP contribution < -0.4 is 9.47 Å². The molecule has 2 aliphatic carbocycles. The summed E-state index contributed by atoms with van der Waals surface area (Å²) in [4.78, 5) is 0. The van der Waals surface area contributed by atoms with E-state index in [2.05, 4.69) is 9.47 Å². The molecule has 35 heavy (non-hydrogen) atoms. The summed E-state index contributed by atoms with van der Waals surface area (Å²) in [5.41, 5.74) is -1.44. The zero-order valence-electron chi connectivity index (χ0n) is 18.6. The topological polar surface area (TPSA) is 18.5 Å². The van der Waals surface area contributed by atoms with Crippen LogP contribution in [0.1, 0.15) is 68.4 Å². The molecule has 2 aromatic rings. The average Bonchev–Trinajstić information content (AvgIpc) is 3.30. The molecular formula is C25H24F8O2. The molecule has 0 N–H and O–H groups in total. The maximum atomic E-state index is 14.7. The minimum absolute atomic E-state index is 0.154. The standard InChI is InChI=1S/C25H24F8O2/c26-18-9-16(15-7-5-14(6-8-15)13-3-1-2-4-13)10-19(27)22(18)25(32,33)35-17-11-20(28)23(21(29)12-17)34-24(30)31/h9-15,24H,1-8H2. The minimum Gasteiger partial charge on any atom is -0.429 e. The van der Waals surface area contributed by atoms with E-state index >= 15 is 0 Å². The first-order valence-electron chi connectivity index (χ1n) is 11.5. The van der Waals surface area contributed by atoms with E-state index in [1.54, 1.807) is 0 Å². The van der Waals surface area contributed by atoms with Crippen LogP contribution in [0.4, 0.5) is 35.1 Å². The van der Waals surface area contributed by atoms with Gasteiger partial charge in [-0.2, -0.15) is 17.6 Å². The molecule has 10 heteroatoms. The summed E-state index contributed by atoms with van der Waals surface area (Å²) in [7, 11) is 0. The van der Waals surface area contributed by atoms with Crippen molar-refractivity contribution >= 4 is 0 Å². The van der Waals surface area contributed by atoms with Gasteiger partial charge in [-0.15, -0.1) is 0 Å². The van der Waals surface area contributed by atoms with Crippen molar-refractivity contribution in [2.75, 3.05) is 0 Å². The Bertz CT molecular complexity index is 998. The van der Waals surface area contributed by atoms with Crippen molar-refractivity contribution in [3.8, 4) is 11.5 Å². The first kappa shape index (κ1) is 25.6. The summed E-state index contributed by atoms with van der Waals surface area (Å²) in [6.07, 6.45) is 3.48. The SMILES string of the molecule is Fc1cc(OC(F)(F)c2c(F)cc(C3CCC(C4CCCC4)CC3)cc2F)cc(F)c1OC(F)F. The first-order chi connectivity index (χ1) is 16.5. The van der Waals surface area contributed by atoms with Crippen molar-refractivity contribution in [1.29, 1.82) is 0 Å². The Hall–Kier alpha value is -2.52. The van der Waals surface area contributed by atoms with Crippen LogP contribution in [0.15, 0.2) is 24.3 Å². The Morgan fingerprint density at radius 3 is 1.74 bits per heavy atom. The van der Waals surface area contributed by atoms with Gasteiger partial charge >= 0.3 is 12.7 Å². The van der Waals surface area contributed by atoms with Crippen LogP contribution in [0, 0.1) is 35.1 Å². The third-order valence-electron chi connectivity index (χ3n) is 7.09. The highest BCUT2D eigenvalue weighted by Gasteiger charge is 2.42. The summed E-state index contributed by atoms with van der Waals surface area (Å²) in [6.45, 7) is -3.56. The number of ether oxygens (including phenoxy) is 2. The highest BCUT2D eigenvalue weighted by molar-refractivity contribution is 5.36. The van der Waals surface area contributed by atoms with Gasteiger partial charge in [-0.1, -0.05) is 25.7 Å². The van der Waals surface area contributed by atoms with Gasteiger partial charge in [-0.05, 0) is 61.1 Å². The van der Waals surface area contributed by atoms with E-state index in [1.807, 2.05) is 0 Å². The molecule has 2 aliphatic rings. The van der Waals surface area contributed by atoms with E-state index in [0.29, 0.717) is 24.7 Å². The van der Waals surface area contributed by atoms with E-state index in [0.717, 1.165) is 25.0 Å². The molecule has 4 rings (SSSR count). The minimum atomic E-state index is -4.64. The van der Waals surface area contributed by atoms with Crippen LogP contribution in [-0.2, 0) is 6.11 Å². The van der Waals surface area contributed by atoms with E-state index in [4.69, 9.17) is 0 Å². The Morgan fingerprint density at radius 2 is 1.23 bits per heavy atom. The molecular weight excluding hydrogens is 484 g/mol. The summed E-state index contributed by atoms with van der Waals surface area (Å²) < 4.78 is 119. The Morgan fingerprint density at radius 1 is 0.714 bits per heavy atom. The summed E-state index contributed by atoms with van der Waals surface area (Å²) in [6, 6.07) is 2.00. The van der Waals surface area contributed by atoms with Gasteiger partial charge in [0.05, 0.1) is 0 Å². The molecule has 0 spiro atoms. The second-order valence-corrected chi connectivity index (χ2v) is 9.23. The molecule has 0 radical (unpaired) electrons. The van der Waals surface area contributed by atoms with Crippen LogP contribution in [0.2, 0.25) is 0 Å². The van der Waals surface area contributed by atoms with Gasteiger partial charge in [0.1, 0.15) is 22.9 Å². The fraction of sp³-hybridized carbons (Fsp3) is 0.520. The first-order valence-corrected chi connectivity index (χ1v) is 11.5. The molecule has 2 aromatic carbocycles. The zero-order chi connectivity index (χ0) is 25.3. The smallest absolute Gasteiger partial charge is 0.429 e. The summed E-state index contributed by atoms with van der Waals surface area (Å²) in [5.74, 6) is -8.16. The number of alkyl halides is 4. The van der Waals surface area contributed by atoms with Crippen molar-refractivity contribution in [2.24, 2.45) is 11.8 Å². The number of hydrogen-bond acceptors (Lipinski definition) is 2. The van der Waals surface area contributed by atoms with Gasteiger partial charge in [-0.25, -0.2) is 17.6 Å². The van der Waals surface area contributed by atoms with Crippen LogP contribution in [0.3, 0.4) is 0 Å². The molecule has 192 valence electrons. The van der Waals surface area contributed by atoms with Crippen LogP contribution in [0.25, 0.3) is 0 Å². The fourth-order valence-corrected chi connectivity index (χ4v) is 5.46. The normalized spacial score (nSPS) is 21.5. The monoisotopic (exact) mass is 508 g/mol. The van der Waals surface area contributed by atoms with Gasteiger partial charge in [0.25, 0.3) is 0 Å². The highest BCUT2D eigenvalue weighted by atomic mass is 19.3. The Labute approximate surface area is 197 Å². The lowest BCUT2D eigenvalue weighted by Gasteiger charge is -2.32. The zero-order valence-corrected chi connectivity index (χ0v) is 18.6. The molecule has 2 saturated carbocycles. The van der Waals surface area contributed by atoms with E-state index < -0.39 is 53.1 Å². The highest BCUT2D eigenvalue weighted by Crippen LogP contribution is 2.45. The van der Waals surface area contributed by atoms with Crippen LogP contribution in [-0.4, -0.2) is 6.61 Å². The molecule has 0 unspecified atom stereocenters. The predicted octanol–water partition coefficient (Wildman–Crippen LogP) is 8.44. The number of halogens is 8. The third kappa shape index (κ3) is 5.67. The molecule has 0 heterocycles. The van der Waals surface area contributed by atoms with Gasteiger partial charge in [-0.3, -0.25) is 0 Å². The van der Waals surface area contributed by atoms with E-state index in [-0.39, 0.29) is 23.6 Å². The van der Waals surface area contributed by atoms with E-state index in [9.17, 15) is 35.1 Å². The largest absolute Gasteiger partial charge is 0.432 e. The molecule has 2 nitrogen and oxygen atoms in total. The number of rotatable bonds is 7. The second-order valence-electron chi connectivity index (χ2n) is 9.23. The van der Waals surface area contributed by atoms with Crippen molar-refractivity contribution in [3.05, 3.63) is 58.7 Å². The van der Waals surface area contributed by atoms with E-state index in [1.165, 1.54) is 25.7 Å². The Balaban J connectivity index is 1.50. The van der Waals surface area contributed by atoms with Crippen molar-refractivity contribution in [2.45, 2.75) is 70.0 Å².